The van der Waals surface area contributed by atoms with Crippen molar-refractivity contribution in [2.45, 2.75) is 6.92 Å². The molecule has 0 saturated carbocycles. The molecule has 0 radical (unpaired) electrons. The molecule has 3 heteroatoms. The van der Waals surface area contributed by atoms with Crippen molar-refractivity contribution in [1.29, 1.82) is 0 Å². The van der Waals surface area contributed by atoms with Crippen molar-refractivity contribution in [2.24, 2.45) is 0 Å². The van der Waals surface area contributed by atoms with Crippen LogP contribution in [0.3, 0.4) is 0 Å². The average molecular weight is 243 g/mol. The van der Waals surface area contributed by atoms with Crippen LogP contribution in [0.1, 0.15) is 17.5 Å². The van der Waals surface area contributed by atoms with Crippen LogP contribution in [0.2, 0.25) is 0 Å². The van der Waals surface area contributed by atoms with Gasteiger partial charge in [0.15, 0.2) is 0 Å². The van der Waals surface area contributed by atoms with Crippen molar-refractivity contribution in [1.82, 2.24) is 4.98 Å². The summed E-state index contributed by atoms with van der Waals surface area (Å²) in [6, 6.07) is 7.11. The lowest BCUT2D eigenvalue weighted by Crippen LogP contribution is -1.77. The predicted molar refractivity (Wildman–Crippen MR) is 74.0 cm³/mol. The number of phenolic OH excluding ortho intramolecular Hbond substituents is 1. The third-order valence-electron chi connectivity index (χ3n) is 2.28. The molecule has 2 nitrogen and oxygen atoms in total. The Morgan fingerprint density at radius 3 is 2.88 bits per heavy atom. The highest BCUT2D eigenvalue weighted by Crippen LogP contribution is 2.31. The highest BCUT2D eigenvalue weighted by atomic mass is 32.1. The molecule has 0 unspecified atom stereocenters. The molecule has 0 amide bonds. The minimum Gasteiger partial charge on any atom is -0.508 e. The van der Waals surface area contributed by atoms with Crippen molar-refractivity contribution >= 4 is 23.5 Å². The monoisotopic (exact) mass is 243 g/mol. The van der Waals surface area contributed by atoms with Gasteiger partial charge in [-0.2, -0.15) is 0 Å². The van der Waals surface area contributed by atoms with Crippen LogP contribution in [0, 0.1) is 0 Å². The van der Waals surface area contributed by atoms with Crippen LogP contribution in [-0.2, 0) is 0 Å². The van der Waals surface area contributed by atoms with Crippen molar-refractivity contribution in [3.05, 3.63) is 47.5 Å². The number of phenols is 1. The first kappa shape index (κ1) is 11.6. The fourth-order valence-electron chi connectivity index (χ4n) is 1.53. The molecule has 17 heavy (non-hydrogen) atoms. The Bertz CT molecular complexity index is 569. The summed E-state index contributed by atoms with van der Waals surface area (Å²) in [4.78, 5) is 5.57. The molecule has 1 aromatic heterocycles. The standard InChI is InChI=1S/C14H13NOS/c1-3-6-12-13(4-2)17-14(15-12)10-7-5-8-11(16)9-10/h3-9,16H,2H2,1H3/b6-3-. The minimum atomic E-state index is 0.255. The van der Waals surface area contributed by atoms with Gasteiger partial charge in [-0.25, -0.2) is 4.98 Å². The summed E-state index contributed by atoms with van der Waals surface area (Å²) < 4.78 is 0. The van der Waals surface area contributed by atoms with E-state index in [-0.39, 0.29) is 5.75 Å². The van der Waals surface area contributed by atoms with Gasteiger partial charge in [0, 0.05) is 5.56 Å². The maximum Gasteiger partial charge on any atom is 0.124 e. The summed E-state index contributed by atoms with van der Waals surface area (Å²) in [5.74, 6) is 0.255. The Hall–Kier alpha value is -1.87. The lowest BCUT2D eigenvalue weighted by Gasteiger charge is -1.96. The van der Waals surface area contributed by atoms with Crippen LogP contribution in [-0.4, -0.2) is 10.1 Å². The average Bonchev–Trinajstić information content (AvgIpc) is 2.73. The second kappa shape index (κ2) is 4.97. The molecule has 0 saturated heterocycles. The summed E-state index contributed by atoms with van der Waals surface area (Å²) in [5.41, 5.74) is 1.85. The largest absolute Gasteiger partial charge is 0.508 e. The number of aromatic nitrogens is 1. The predicted octanol–water partition coefficient (Wildman–Crippen LogP) is 4.19. The van der Waals surface area contributed by atoms with Gasteiger partial charge in [-0.05, 0) is 31.2 Å². The molecule has 0 atom stereocenters. The van der Waals surface area contributed by atoms with E-state index in [1.165, 1.54) is 0 Å². The SMILES string of the molecule is C=Cc1sc(-c2cccc(O)c2)nc1/C=C\C. The first-order chi connectivity index (χ1) is 8.24. The number of allylic oxidation sites excluding steroid dienone is 1. The molecule has 1 aromatic carbocycles. The Labute approximate surface area is 105 Å². The first-order valence-corrected chi connectivity index (χ1v) is 6.11. The molecular weight excluding hydrogens is 230 g/mol. The molecule has 1 N–H and O–H groups in total. The summed E-state index contributed by atoms with van der Waals surface area (Å²) in [7, 11) is 0. The number of thiazole rings is 1. The normalized spacial score (nSPS) is 10.9. The zero-order chi connectivity index (χ0) is 12.3. The lowest BCUT2D eigenvalue weighted by molar-refractivity contribution is 0.475. The van der Waals surface area contributed by atoms with E-state index in [2.05, 4.69) is 11.6 Å². The Morgan fingerprint density at radius 1 is 1.41 bits per heavy atom. The van der Waals surface area contributed by atoms with Gasteiger partial charge in [-0.15, -0.1) is 11.3 Å². The van der Waals surface area contributed by atoms with Crippen molar-refractivity contribution in [3.8, 4) is 16.3 Å². The fourth-order valence-corrected chi connectivity index (χ4v) is 2.43. The van der Waals surface area contributed by atoms with Crippen LogP contribution in [0.15, 0.2) is 36.9 Å². The molecule has 0 bridgehead atoms. The summed E-state index contributed by atoms with van der Waals surface area (Å²) >= 11 is 1.57. The van der Waals surface area contributed by atoms with Gasteiger partial charge in [-0.1, -0.05) is 24.8 Å². The van der Waals surface area contributed by atoms with Crippen LogP contribution in [0.4, 0.5) is 0 Å². The molecule has 1 heterocycles. The minimum absolute atomic E-state index is 0.255. The van der Waals surface area contributed by atoms with Gasteiger partial charge in [0.25, 0.3) is 0 Å². The van der Waals surface area contributed by atoms with Gasteiger partial charge in [0.1, 0.15) is 10.8 Å². The van der Waals surface area contributed by atoms with Crippen LogP contribution in [0.5, 0.6) is 5.75 Å². The number of rotatable bonds is 3. The second-order valence-electron chi connectivity index (χ2n) is 3.52. The zero-order valence-electron chi connectivity index (χ0n) is 9.55. The summed E-state index contributed by atoms with van der Waals surface area (Å²) in [6.45, 7) is 5.74. The molecule has 2 rings (SSSR count). The molecule has 86 valence electrons. The topological polar surface area (TPSA) is 33.1 Å². The van der Waals surface area contributed by atoms with Crippen LogP contribution in [0.25, 0.3) is 22.7 Å². The van der Waals surface area contributed by atoms with E-state index in [4.69, 9.17) is 0 Å². The van der Waals surface area contributed by atoms with Gasteiger partial charge in [0.05, 0.1) is 10.6 Å². The first-order valence-electron chi connectivity index (χ1n) is 5.30. The zero-order valence-corrected chi connectivity index (χ0v) is 10.4. The van der Waals surface area contributed by atoms with E-state index >= 15 is 0 Å². The van der Waals surface area contributed by atoms with E-state index in [0.717, 1.165) is 21.1 Å². The Kier molecular flexibility index (Phi) is 3.40. The Balaban J connectivity index is 2.50. The molecule has 0 aliphatic rings. The molecule has 0 aliphatic carbocycles. The highest BCUT2D eigenvalue weighted by Gasteiger charge is 2.08. The molecule has 0 spiro atoms. The van der Waals surface area contributed by atoms with Crippen molar-refractivity contribution in [2.75, 3.05) is 0 Å². The smallest absolute Gasteiger partial charge is 0.124 e. The van der Waals surface area contributed by atoms with Gasteiger partial charge in [-0.3, -0.25) is 0 Å². The van der Waals surface area contributed by atoms with E-state index < -0.39 is 0 Å². The van der Waals surface area contributed by atoms with E-state index in [9.17, 15) is 5.11 Å². The third kappa shape index (κ3) is 2.45. The molecular formula is C14H13NOS. The maximum absolute atomic E-state index is 9.45. The maximum atomic E-state index is 9.45. The number of hydrogen-bond acceptors (Lipinski definition) is 3. The van der Waals surface area contributed by atoms with Crippen molar-refractivity contribution in [3.63, 3.8) is 0 Å². The number of hydrogen-bond donors (Lipinski definition) is 1. The lowest BCUT2D eigenvalue weighted by atomic mass is 10.2. The quantitative estimate of drug-likeness (QED) is 0.876. The summed E-state index contributed by atoms with van der Waals surface area (Å²) in [6.07, 6.45) is 5.72. The Morgan fingerprint density at radius 2 is 2.24 bits per heavy atom. The molecule has 0 fully saturated rings. The van der Waals surface area contributed by atoms with Crippen LogP contribution < -0.4 is 0 Å². The number of aromatic hydroxyl groups is 1. The second-order valence-corrected chi connectivity index (χ2v) is 4.55. The third-order valence-corrected chi connectivity index (χ3v) is 3.40. The van der Waals surface area contributed by atoms with Crippen LogP contribution >= 0.6 is 11.3 Å². The van der Waals surface area contributed by atoms with Gasteiger partial charge >= 0.3 is 0 Å². The summed E-state index contributed by atoms with van der Waals surface area (Å²) in [5, 5.41) is 10.3. The van der Waals surface area contributed by atoms with E-state index in [1.54, 1.807) is 29.5 Å². The molecule has 2 aromatic rings. The number of benzene rings is 1. The molecule has 0 aliphatic heterocycles. The van der Waals surface area contributed by atoms with E-state index in [0.29, 0.717) is 0 Å². The highest BCUT2D eigenvalue weighted by molar-refractivity contribution is 7.16. The fraction of sp³-hybridized carbons (Fsp3) is 0.0714. The van der Waals surface area contributed by atoms with Gasteiger partial charge < -0.3 is 5.11 Å². The van der Waals surface area contributed by atoms with Gasteiger partial charge in [0.2, 0.25) is 0 Å². The van der Waals surface area contributed by atoms with E-state index in [1.807, 2.05) is 31.2 Å². The van der Waals surface area contributed by atoms with Crippen molar-refractivity contribution < 1.29 is 5.11 Å². The number of nitrogens with zero attached hydrogens (tertiary/aromatic N) is 1.